The monoisotopic (exact) mass is 544 g/mol. The first kappa shape index (κ1) is 28.2. The van der Waals surface area contributed by atoms with Gasteiger partial charge >= 0.3 is 0 Å². The van der Waals surface area contributed by atoms with Gasteiger partial charge in [-0.05, 0) is 36.8 Å². The van der Waals surface area contributed by atoms with E-state index in [1.807, 2.05) is 11.0 Å². The SMILES string of the molecule is CN/C(=C(/C#N)C=N)c1ccc(NC(=O)c2ccnc(-c3c(F)cccc3OC)n2)c(N2CC(N)CC2CO)c1. The number of nitrogens with two attached hydrogens (primary N) is 1. The molecule has 1 amide bonds. The number of benzene rings is 2. The number of nitriles is 1. The molecule has 2 heterocycles. The standard InChI is InChI=1S/C28H29FN8O3/c1-33-26(17(12-30)13-31)16-6-7-21(23(10-16)37-14-18(32)11-19(37)15-38)36-28(39)22-8-9-34-27(35-22)25-20(29)4-3-5-24(25)40-2/h3-10,12,18-19,30,33,38H,11,14-15,32H2,1-2H3,(H,36,39)/b26-17+,30-12?. The molecule has 4 rings (SSSR count). The molecule has 2 atom stereocenters. The van der Waals surface area contributed by atoms with Crippen molar-refractivity contribution in [3.63, 3.8) is 0 Å². The van der Waals surface area contributed by atoms with E-state index in [0.717, 1.165) is 6.21 Å². The molecule has 2 aromatic carbocycles. The van der Waals surface area contributed by atoms with Gasteiger partial charge in [0.25, 0.3) is 5.91 Å². The van der Waals surface area contributed by atoms with E-state index < -0.39 is 11.7 Å². The predicted octanol–water partition coefficient (Wildman–Crippen LogP) is 2.55. The molecule has 1 saturated heterocycles. The molecular weight excluding hydrogens is 515 g/mol. The van der Waals surface area contributed by atoms with E-state index in [9.17, 15) is 19.6 Å². The lowest BCUT2D eigenvalue weighted by Gasteiger charge is -2.28. The van der Waals surface area contributed by atoms with Crippen molar-refractivity contribution in [3.05, 3.63) is 71.3 Å². The van der Waals surface area contributed by atoms with Gasteiger partial charge in [-0.25, -0.2) is 14.4 Å². The first-order valence-corrected chi connectivity index (χ1v) is 12.4. The van der Waals surface area contributed by atoms with Crippen molar-refractivity contribution in [1.29, 1.82) is 10.7 Å². The molecule has 206 valence electrons. The molecule has 2 unspecified atom stereocenters. The molecule has 0 aliphatic carbocycles. The average Bonchev–Trinajstić information content (AvgIpc) is 3.36. The number of rotatable bonds is 9. The molecule has 0 radical (unpaired) electrons. The second-order valence-corrected chi connectivity index (χ2v) is 9.05. The van der Waals surface area contributed by atoms with Crippen LogP contribution in [0.1, 0.15) is 22.5 Å². The first-order chi connectivity index (χ1) is 19.3. The number of nitrogens with zero attached hydrogens (tertiary/aromatic N) is 4. The number of ether oxygens (including phenoxy) is 1. The van der Waals surface area contributed by atoms with Gasteiger partial charge in [0, 0.05) is 37.6 Å². The van der Waals surface area contributed by atoms with Crippen molar-refractivity contribution in [1.82, 2.24) is 15.3 Å². The number of nitrogens with one attached hydrogen (secondary N) is 3. The summed E-state index contributed by atoms with van der Waals surface area (Å²) < 4.78 is 19.9. The van der Waals surface area contributed by atoms with Gasteiger partial charge < -0.3 is 36.5 Å². The summed E-state index contributed by atoms with van der Waals surface area (Å²) in [5, 5.41) is 32.9. The van der Waals surface area contributed by atoms with Gasteiger partial charge in [-0.1, -0.05) is 12.1 Å². The van der Waals surface area contributed by atoms with Gasteiger partial charge in [-0.2, -0.15) is 5.26 Å². The second-order valence-electron chi connectivity index (χ2n) is 9.05. The Hall–Kier alpha value is -4.86. The summed E-state index contributed by atoms with van der Waals surface area (Å²) in [7, 11) is 3.05. The third kappa shape index (κ3) is 5.61. The first-order valence-electron chi connectivity index (χ1n) is 12.4. The molecule has 12 heteroatoms. The van der Waals surface area contributed by atoms with Gasteiger partial charge in [0.2, 0.25) is 0 Å². The summed E-state index contributed by atoms with van der Waals surface area (Å²) in [6, 6.07) is 12.4. The molecule has 0 saturated carbocycles. The number of allylic oxidation sites excluding steroid dienone is 1. The van der Waals surface area contributed by atoms with Crippen molar-refractivity contribution < 1.29 is 19.0 Å². The molecule has 6 N–H and O–H groups in total. The zero-order valence-electron chi connectivity index (χ0n) is 22.0. The third-order valence-electron chi connectivity index (χ3n) is 6.59. The van der Waals surface area contributed by atoms with Crippen LogP contribution in [0.5, 0.6) is 5.75 Å². The van der Waals surface area contributed by atoms with Crippen molar-refractivity contribution >= 4 is 29.2 Å². The number of carbonyl (C=O) groups excluding carboxylic acids is 1. The lowest BCUT2D eigenvalue weighted by atomic mass is 10.0. The van der Waals surface area contributed by atoms with Crippen molar-refractivity contribution in [2.24, 2.45) is 5.73 Å². The number of hydrogen-bond acceptors (Lipinski definition) is 10. The number of halogens is 1. The summed E-state index contributed by atoms with van der Waals surface area (Å²) in [5.41, 5.74) is 8.36. The Morgan fingerprint density at radius 3 is 2.85 bits per heavy atom. The van der Waals surface area contributed by atoms with E-state index in [-0.39, 0.29) is 47.1 Å². The van der Waals surface area contributed by atoms with Gasteiger partial charge in [-0.3, -0.25) is 4.79 Å². The van der Waals surface area contributed by atoms with E-state index in [2.05, 4.69) is 20.6 Å². The maximum atomic E-state index is 14.6. The molecule has 0 spiro atoms. The number of anilines is 2. The molecular formula is C28H29FN8O3. The normalized spacial score (nSPS) is 17.1. The van der Waals surface area contributed by atoms with Crippen molar-refractivity contribution in [2.45, 2.75) is 18.5 Å². The summed E-state index contributed by atoms with van der Waals surface area (Å²) in [6.45, 7) is 0.278. The van der Waals surface area contributed by atoms with Crippen LogP contribution in [0.3, 0.4) is 0 Å². The number of aliphatic hydroxyl groups is 1. The van der Waals surface area contributed by atoms with Crippen LogP contribution < -0.4 is 26.0 Å². The smallest absolute Gasteiger partial charge is 0.274 e. The molecule has 1 aliphatic heterocycles. The Bertz CT molecular complexity index is 1500. The quantitative estimate of drug-likeness (QED) is 0.200. The molecule has 0 bridgehead atoms. The van der Waals surface area contributed by atoms with E-state index in [4.69, 9.17) is 15.9 Å². The second kappa shape index (κ2) is 12.3. The van der Waals surface area contributed by atoms with E-state index >= 15 is 0 Å². The van der Waals surface area contributed by atoms with Crippen LogP contribution in [-0.2, 0) is 0 Å². The summed E-state index contributed by atoms with van der Waals surface area (Å²) >= 11 is 0. The Kier molecular flexibility index (Phi) is 8.68. The van der Waals surface area contributed by atoms with Crippen molar-refractivity contribution in [3.8, 4) is 23.2 Å². The van der Waals surface area contributed by atoms with E-state index in [0.29, 0.717) is 35.6 Å². The molecule has 1 fully saturated rings. The van der Waals surface area contributed by atoms with Gasteiger partial charge in [0.15, 0.2) is 5.82 Å². The minimum Gasteiger partial charge on any atom is -0.496 e. The topological polar surface area (TPSA) is 173 Å². The lowest BCUT2D eigenvalue weighted by molar-refractivity contribution is 0.102. The van der Waals surface area contributed by atoms with E-state index in [1.54, 1.807) is 31.3 Å². The van der Waals surface area contributed by atoms with Crippen LogP contribution in [0.2, 0.25) is 0 Å². The highest BCUT2D eigenvalue weighted by Crippen LogP contribution is 2.35. The Morgan fingerprint density at radius 1 is 1.38 bits per heavy atom. The van der Waals surface area contributed by atoms with Crippen LogP contribution in [-0.4, -0.2) is 66.6 Å². The van der Waals surface area contributed by atoms with E-state index in [1.165, 1.54) is 31.5 Å². The summed E-state index contributed by atoms with van der Waals surface area (Å²) in [5.74, 6) is -0.946. The highest BCUT2D eigenvalue weighted by molar-refractivity contribution is 6.05. The molecule has 3 aromatic rings. The Labute approximate surface area is 230 Å². The van der Waals surface area contributed by atoms with Gasteiger partial charge in [0.1, 0.15) is 23.3 Å². The fourth-order valence-corrected chi connectivity index (χ4v) is 4.73. The zero-order chi connectivity index (χ0) is 28.8. The van der Waals surface area contributed by atoms with Gasteiger partial charge in [0.05, 0.1) is 48.0 Å². The Balaban J connectivity index is 1.75. The lowest BCUT2D eigenvalue weighted by Crippen LogP contribution is -2.34. The Morgan fingerprint density at radius 2 is 2.17 bits per heavy atom. The van der Waals surface area contributed by atoms with Gasteiger partial charge in [-0.15, -0.1) is 0 Å². The average molecular weight is 545 g/mol. The largest absolute Gasteiger partial charge is 0.496 e. The summed E-state index contributed by atoms with van der Waals surface area (Å²) in [6.07, 6.45) is 2.87. The molecule has 1 aromatic heterocycles. The third-order valence-corrected chi connectivity index (χ3v) is 6.59. The zero-order valence-corrected chi connectivity index (χ0v) is 22.0. The number of amides is 1. The predicted molar refractivity (Wildman–Crippen MR) is 150 cm³/mol. The number of carbonyl (C=O) groups is 1. The van der Waals surface area contributed by atoms with Crippen molar-refractivity contribution in [2.75, 3.05) is 37.5 Å². The molecule has 11 nitrogen and oxygen atoms in total. The number of hydrogen-bond donors (Lipinski definition) is 5. The highest BCUT2D eigenvalue weighted by atomic mass is 19.1. The molecule has 40 heavy (non-hydrogen) atoms. The van der Waals surface area contributed by atoms with Crippen LogP contribution in [0.15, 0.2) is 54.2 Å². The minimum atomic E-state index is -0.592. The maximum Gasteiger partial charge on any atom is 0.274 e. The minimum absolute atomic E-state index is 0.00598. The number of aliphatic hydroxyl groups excluding tert-OH is 1. The van der Waals surface area contributed by atoms with Crippen LogP contribution in [0, 0.1) is 22.6 Å². The summed E-state index contributed by atoms with van der Waals surface area (Å²) in [4.78, 5) is 23.7. The van der Waals surface area contributed by atoms with Crippen LogP contribution in [0.4, 0.5) is 15.8 Å². The molecule has 1 aliphatic rings. The fourth-order valence-electron chi connectivity index (χ4n) is 4.73. The maximum absolute atomic E-state index is 14.6. The highest BCUT2D eigenvalue weighted by Gasteiger charge is 2.32. The number of methoxy groups -OCH3 is 1. The van der Waals surface area contributed by atoms with Crippen LogP contribution >= 0.6 is 0 Å². The van der Waals surface area contributed by atoms with Crippen LogP contribution in [0.25, 0.3) is 17.1 Å². The number of aromatic nitrogens is 2. The fraction of sp³-hybridized carbons (Fsp3) is 0.250.